The molecule has 1 atom stereocenters. The van der Waals surface area contributed by atoms with Crippen LogP contribution in [-0.2, 0) is 9.59 Å². The molecule has 0 bridgehead atoms. The molecule has 0 saturated heterocycles. The molecule has 0 aliphatic rings. The SMILES string of the molecule is CC[NH+](CC(=O)Nc1cccc(Br)c1)CC(=O)NC(C)C. The number of carbonyl (C=O) groups is 2. The number of likely N-dealkylation sites (N-methyl/N-ethyl adjacent to an activating group) is 1. The monoisotopic (exact) mass is 356 g/mol. The van der Waals surface area contributed by atoms with Crippen LogP contribution in [-0.4, -0.2) is 37.5 Å². The topological polar surface area (TPSA) is 62.6 Å². The van der Waals surface area contributed by atoms with E-state index in [0.717, 1.165) is 21.6 Å². The fourth-order valence-corrected chi connectivity index (χ4v) is 2.31. The van der Waals surface area contributed by atoms with Crippen molar-refractivity contribution >= 4 is 33.4 Å². The number of hydrogen-bond donors (Lipinski definition) is 3. The van der Waals surface area contributed by atoms with E-state index in [1.165, 1.54) is 0 Å². The van der Waals surface area contributed by atoms with Gasteiger partial charge in [-0.05, 0) is 39.0 Å². The third-order valence-corrected chi connectivity index (χ3v) is 3.37. The Hall–Kier alpha value is -1.40. The number of rotatable bonds is 7. The molecule has 0 radical (unpaired) electrons. The van der Waals surface area contributed by atoms with Crippen molar-refractivity contribution in [3.63, 3.8) is 0 Å². The summed E-state index contributed by atoms with van der Waals surface area (Å²) >= 11 is 3.36. The minimum absolute atomic E-state index is 0.0305. The molecular formula is C15H23BrN3O2+. The van der Waals surface area contributed by atoms with Crippen LogP contribution in [0.4, 0.5) is 5.69 Å². The van der Waals surface area contributed by atoms with Gasteiger partial charge in [-0.25, -0.2) is 0 Å². The first-order valence-corrected chi connectivity index (χ1v) is 7.88. The van der Waals surface area contributed by atoms with Crippen molar-refractivity contribution < 1.29 is 14.5 Å². The van der Waals surface area contributed by atoms with Gasteiger partial charge in [-0.3, -0.25) is 9.59 Å². The van der Waals surface area contributed by atoms with Gasteiger partial charge < -0.3 is 15.5 Å². The van der Waals surface area contributed by atoms with Gasteiger partial charge in [0.15, 0.2) is 13.1 Å². The van der Waals surface area contributed by atoms with E-state index in [2.05, 4.69) is 26.6 Å². The zero-order valence-electron chi connectivity index (χ0n) is 12.7. The highest BCUT2D eigenvalue weighted by Gasteiger charge is 2.17. The van der Waals surface area contributed by atoms with E-state index in [9.17, 15) is 9.59 Å². The van der Waals surface area contributed by atoms with E-state index < -0.39 is 0 Å². The van der Waals surface area contributed by atoms with Crippen LogP contribution in [0.3, 0.4) is 0 Å². The Bertz CT molecular complexity index is 492. The first-order chi connectivity index (χ1) is 9.90. The Morgan fingerprint density at radius 1 is 1.24 bits per heavy atom. The van der Waals surface area contributed by atoms with Crippen LogP contribution in [0.5, 0.6) is 0 Å². The quantitative estimate of drug-likeness (QED) is 0.677. The van der Waals surface area contributed by atoms with Crippen molar-refractivity contribution in [3.05, 3.63) is 28.7 Å². The summed E-state index contributed by atoms with van der Waals surface area (Å²) in [6, 6.07) is 7.55. The number of amides is 2. The molecule has 0 aliphatic heterocycles. The summed E-state index contributed by atoms with van der Waals surface area (Å²) < 4.78 is 0.913. The van der Waals surface area contributed by atoms with Crippen molar-refractivity contribution in [3.8, 4) is 0 Å². The number of halogens is 1. The van der Waals surface area contributed by atoms with Crippen LogP contribution in [0, 0.1) is 0 Å². The molecule has 3 N–H and O–H groups in total. The van der Waals surface area contributed by atoms with Crippen LogP contribution in [0.1, 0.15) is 20.8 Å². The predicted molar refractivity (Wildman–Crippen MR) is 87.3 cm³/mol. The van der Waals surface area contributed by atoms with E-state index in [0.29, 0.717) is 6.54 Å². The zero-order chi connectivity index (χ0) is 15.8. The van der Waals surface area contributed by atoms with E-state index in [-0.39, 0.29) is 24.4 Å². The van der Waals surface area contributed by atoms with E-state index in [1.807, 2.05) is 45.0 Å². The van der Waals surface area contributed by atoms with Crippen LogP contribution < -0.4 is 15.5 Å². The summed E-state index contributed by atoms with van der Waals surface area (Å²) in [5.41, 5.74) is 0.747. The maximum Gasteiger partial charge on any atom is 0.279 e. The minimum atomic E-state index is -0.0951. The van der Waals surface area contributed by atoms with Crippen molar-refractivity contribution in [2.24, 2.45) is 0 Å². The van der Waals surface area contributed by atoms with Crippen molar-refractivity contribution in [2.75, 3.05) is 25.0 Å². The van der Waals surface area contributed by atoms with Gasteiger partial charge in [0.1, 0.15) is 0 Å². The number of carbonyl (C=O) groups excluding carboxylic acids is 2. The lowest BCUT2D eigenvalue weighted by atomic mass is 10.3. The molecule has 0 fully saturated rings. The molecule has 0 saturated carbocycles. The molecule has 5 nitrogen and oxygen atoms in total. The fourth-order valence-electron chi connectivity index (χ4n) is 1.91. The summed E-state index contributed by atoms with van der Waals surface area (Å²) in [6.07, 6.45) is 0. The molecule has 116 valence electrons. The smallest absolute Gasteiger partial charge is 0.279 e. The van der Waals surface area contributed by atoms with Gasteiger partial charge in [0.2, 0.25) is 0 Å². The Labute approximate surface area is 134 Å². The highest BCUT2D eigenvalue weighted by molar-refractivity contribution is 9.10. The predicted octanol–water partition coefficient (Wildman–Crippen LogP) is 0.817. The summed E-state index contributed by atoms with van der Waals surface area (Å²) in [7, 11) is 0. The van der Waals surface area contributed by atoms with Crippen LogP contribution in [0.15, 0.2) is 28.7 Å². The van der Waals surface area contributed by atoms with Crippen LogP contribution in [0.25, 0.3) is 0 Å². The van der Waals surface area contributed by atoms with E-state index in [1.54, 1.807) is 0 Å². The van der Waals surface area contributed by atoms with Gasteiger partial charge in [-0.1, -0.05) is 22.0 Å². The average molecular weight is 357 g/mol. The second-order valence-corrected chi connectivity index (χ2v) is 6.15. The highest BCUT2D eigenvalue weighted by atomic mass is 79.9. The fraction of sp³-hybridized carbons (Fsp3) is 0.467. The summed E-state index contributed by atoms with van der Waals surface area (Å²) in [6.45, 7) is 7.10. The van der Waals surface area contributed by atoms with Crippen LogP contribution >= 0.6 is 15.9 Å². The zero-order valence-corrected chi connectivity index (χ0v) is 14.3. The van der Waals surface area contributed by atoms with E-state index in [4.69, 9.17) is 0 Å². The Morgan fingerprint density at radius 3 is 2.48 bits per heavy atom. The largest absolute Gasteiger partial charge is 0.349 e. The summed E-state index contributed by atoms with van der Waals surface area (Å²) in [4.78, 5) is 24.7. The molecule has 1 unspecified atom stereocenters. The first kappa shape index (κ1) is 17.7. The lowest BCUT2D eigenvalue weighted by Crippen LogP contribution is -3.14. The molecule has 21 heavy (non-hydrogen) atoms. The molecule has 0 aliphatic carbocycles. The molecule has 1 rings (SSSR count). The molecule has 6 heteroatoms. The van der Waals surface area contributed by atoms with Gasteiger partial charge in [0.25, 0.3) is 11.8 Å². The molecule has 1 aromatic rings. The van der Waals surface area contributed by atoms with E-state index >= 15 is 0 Å². The van der Waals surface area contributed by atoms with Crippen molar-refractivity contribution in [2.45, 2.75) is 26.8 Å². The highest BCUT2D eigenvalue weighted by Crippen LogP contribution is 2.15. The second-order valence-electron chi connectivity index (χ2n) is 5.24. The van der Waals surface area contributed by atoms with Gasteiger partial charge in [0.05, 0.1) is 6.54 Å². The second kappa shape index (κ2) is 8.79. The lowest BCUT2D eigenvalue weighted by molar-refractivity contribution is -0.881. The maximum atomic E-state index is 12.0. The molecule has 0 heterocycles. The molecular weight excluding hydrogens is 334 g/mol. The number of nitrogens with one attached hydrogen (secondary N) is 3. The number of quaternary nitrogens is 1. The third kappa shape index (κ3) is 7.24. The summed E-state index contributed by atoms with van der Waals surface area (Å²) in [5.74, 6) is -0.126. The van der Waals surface area contributed by atoms with Crippen molar-refractivity contribution in [1.82, 2.24) is 5.32 Å². The third-order valence-electron chi connectivity index (χ3n) is 2.88. The molecule has 0 spiro atoms. The lowest BCUT2D eigenvalue weighted by Gasteiger charge is -2.17. The number of anilines is 1. The Kier molecular flexibility index (Phi) is 7.39. The maximum absolute atomic E-state index is 12.0. The summed E-state index contributed by atoms with van der Waals surface area (Å²) in [5, 5.41) is 5.68. The number of benzene rings is 1. The van der Waals surface area contributed by atoms with Gasteiger partial charge in [0, 0.05) is 16.2 Å². The van der Waals surface area contributed by atoms with Gasteiger partial charge >= 0.3 is 0 Å². The normalized spacial score (nSPS) is 12.0. The van der Waals surface area contributed by atoms with Crippen LogP contribution in [0.2, 0.25) is 0 Å². The molecule has 1 aromatic carbocycles. The molecule has 2 amide bonds. The van der Waals surface area contributed by atoms with Gasteiger partial charge in [-0.2, -0.15) is 0 Å². The number of hydrogen-bond acceptors (Lipinski definition) is 2. The van der Waals surface area contributed by atoms with Crippen molar-refractivity contribution in [1.29, 1.82) is 0 Å². The first-order valence-electron chi connectivity index (χ1n) is 7.09. The minimum Gasteiger partial charge on any atom is -0.349 e. The molecule has 0 aromatic heterocycles. The standard InChI is InChI=1S/C15H22BrN3O2/c1-4-19(9-14(20)17-11(2)3)10-15(21)18-13-7-5-6-12(16)8-13/h5-8,11H,4,9-10H2,1-3H3,(H,17,20)(H,18,21)/p+1. The Balaban J connectivity index is 2.49. The van der Waals surface area contributed by atoms with Gasteiger partial charge in [-0.15, -0.1) is 0 Å². The Morgan fingerprint density at radius 2 is 1.90 bits per heavy atom. The average Bonchev–Trinajstić information content (AvgIpc) is 2.36.